The molecule has 0 radical (unpaired) electrons. The maximum atomic E-state index is 12.7. The van der Waals surface area contributed by atoms with Crippen molar-refractivity contribution in [3.05, 3.63) is 51.9 Å². The molecule has 1 amide bonds. The number of unbranched alkanes of at least 4 members (excludes halogenated alkanes) is 1. The topological polar surface area (TPSA) is 74.8 Å². The summed E-state index contributed by atoms with van der Waals surface area (Å²) < 4.78 is 0. The van der Waals surface area contributed by atoms with Gasteiger partial charge in [0.15, 0.2) is 5.16 Å². The van der Waals surface area contributed by atoms with Gasteiger partial charge in [-0.3, -0.25) is 9.59 Å². The van der Waals surface area contributed by atoms with Gasteiger partial charge in [-0.2, -0.15) is 0 Å². The molecule has 0 saturated carbocycles. The fraction of sp³-hybridized carbons (Fsp3) is 0.450. The number of H-pyrrole nitrogens is 1. The number of rotatable bonds is 9. The van der Waals surface area contributed by atoms with Crippen molar-refractivity contribution in [1.82, 2.24) is 9.97 Å². The number of anilines is 1. The van der Waals surface area contributed by atoms with Crippen molar-refractivity contribution in [2.75, 3.05) is 5.32 Å². The second kappa shape index (κ2) is 10.2. The van der Waals surface area contributed by atoms with Crippen LogP contribution in [0.15, 0.2) is 40.3 Å². The number of aromatic nitrogens is 2. The Hall–Kier alpha value is -2.08. The van der Waals surface area contributed by atoms with E-state index in [1.54, 1.807) is 0 Å². The third-order valence-electron chi connectivity index (χ3n) is 4.13. The lowest BCUT2D eigenvalue weighted by atomic mass is 10.1. The highest BCUT2D eigenvalue weighted by atomic mass is 32.2. The van der Waals surface area contributed by atoms with E-state index in [0.717, 1.165) is 42.6 Å². The summed E-state index contributed by atoms with van der Waals surface area (Å²) in [6, 6.07) is 9.36. The average Bonchev–Trinajstić information content (AvgIpc) is 2.64. The molecule has 2 rings (SSSR count). The molecule has 1 aromatic heterocycles. The zero-order chi connectivity index (χ0) is 18.9. The fourth-order valence-corrected chi connectivity index (χ4v) is 3.58. The maximum absolute atomic E-state index is 12.7. The summed E-state index contributed by atoms with van der Waals surface area (Å²) in [4.78, 5) is 31.8. The van der Waals surface area contributed by atoms with Crippen LogP contribution >= 0.6 is 11.8 Å². The third kappa shape index (κ3) is 5.73. The van der Waals surface area contributed by atoms with Crippen molar-refractivity contribution in [2.24, 2.45) is 0 Å². The number of carbonyl (C=O) groups is 1. The number of amides is 1. The lowest BCUT2D eigenvalue weighted by Crippen LogP contribution is -2.26. The predicted octanol–water partition coefficient (Wildman–Crippen LogP) is 4.18. The quantitative estimate of drug-likeness (QED) is 0.511. The van der Waals surface area contributed by atoms with Crippen LogP contribution in [0.4, 0.5) is 5.69 Å². The summed E-state index contributed by atoms with van der Waals surface area (Å²) in [5.74, 6) is -0.0694. The van der Waals surface area contributed by atoms with Gasteiger partial charge in [0.2, 0.25) is 5.91 Å². The molecule has 1 atom stereocenters. The molecule has 2 N–H and O–H groups in total. The number of hydrogen-bond donors (Lipinski definition) is 2. The molecule has 1 unspecified atom stereocenters. The van der Waals surface area contributed by atoms with Gasteiger partial charge in [-0.25, -0.2) is 4.98 Å². The summed E-state index contributed by atoms with van der Waals surface area (Å²) in [5.41, 5.74) is 2.57. The molecule has 0 aliphatic heterocycles. The van der Waals surface area contributed by atoms with Crippen LogP contribution in [0.3, 0.4) is 0 Å². The number of carbonyl (C=O) groups excluding carboxylic acids is 1. The summed E-state index contributed by atoms with van der Waals surface area (Å²) >= 11 is 1.31. The van der Waals surface area contributed by atoms with Crippen molar-refractivity contribution < 1.29 is 4.79 Å². The Morgan fingerprint density at radius 3 is 2.73 bits per heavy atom. The SMILES string of the molecule is CCCCc1cc(=O)[nH]c(SC(CC)C(=O)Nc2ccccc2CC)n1. The Labute approximate surface area is 159 Å². The molecule has 2 aromatic rings. The van der Waals surface area contributed by atoms with Crippen LogP contribution in [0.25, 0.3) is 0 Å². The minimum Gasteiger partial charge on any atom is -0.325 e. The first-order valence-corrected chi connectivity index (χ1v) is 10.1. The molecular formula is C20H27N3O2S. The van der Waals surface area contributed by atoms with Crippen LogP contribution in [-0.2, 0) is 17.6 Å². The summed E-state index contributed by atoms with van der Waals surface area (Å²) in [6.45, 7) is 6.13. The second-order valence-corrected chi connectivity index (χ2v) is 7.35. The van der Waals surface area contributed by atoms with Gasteiger partial charge in [0.05, 0.1) is 5.25 Å². The van der Waals surface area contributed by atoms with Crippen molar-refractivity contribution in [3.8, 4) is 0 Å². The first-order valence-electron chi connectivity index (χ1n) is 9.23. The molecule has 0 saturated heterocycles. The van der Waals surface area contributed by atoms with E-state index in [-0.39, 0.29) is 16.7 Å². The van der Waals surface area contributed by atoms with Crippen molar-refractivity contribution in [1.29, 1.82) is 0 Å². The Morgan fingerprint density at radius 2 is 2.04 bits per heavy atom. The van der Waals surface area contributed by atoms with Crippen LogP contribution < -0.4 is 10.9 Å². The number of nitrogens with one attached hydrogen (secondary N) is 2. The zero-order valence-electron chi connectivity index (χ0n) is 15.7. The number of benzene rings is 1. The molecule has 0 fully saturated rings. The monoisotopic (exact) mass is 373 g/mol. The standard InChI is InChI=1S/C20H27N3O2S/c1-4-7-11-15-13-18(24)23-20(21-15)26-17(6-3)19(25)22-16-12-9-8-10-14(16)5-2/h8-10,12-13,17H,4-7,11H2,1-3H3,(H,22,25)(H,21,23,24). The molecule has 0 aliphatic carbocycles. The smallest absolute Gasteiger partial charge is 0.251 e. The van der Waals surface area contributed by atoms with Crippen LogP contribution in [0, 0.1) is 0 Å². The number of nitrogens with zero attached hydrogens (tertiary/aromatic N) is 1. The van der Waals surface area contributed by atoms with Gasteiger partial charge in [0.25, 0.3) is 5.56 Å². The molecule has 1 aromatic carbocycles. The van der Waals surface area contributed by atoms with E-state index in [0.29, 0.717) is 11.6 Å². The van der Waals surface area contributed by atoms with Crippen LogP contribution in [-0.4, -0.2) is 21.1 Å². The van der Waals surface area contributed by atoms with Gasteiger partial charge in [-0.15, -0.1) is 0 Å². The number of para-hydroxylation sites is 1. The van der Waals surface area contributed by atoms with Crippen molar-refractivity contribution in [2.45, 2.75) is 63.3 Å². The summed E-state index contributed by atoms with van der Waals surface area (Å²) in [5, 5.41) is 3.21. The molecule has 5 nitrogen and oxygen atoms in total. The molecular weight excluding hydrogens is 346 g/mol. The van der Waals surface area contributed by atoms with Gasteiger partial charge in [0.1, 0.15) is 0 Å². The molecule has 0 bridgehead atoms. The van der Waals surface area contributed by atoms with Gasteiger partial charge >= 0.3 is 0 Å². The van der Waals surface area contributed by atoms with E-state index in [1.807, 2.05) is 31.2 Å². The van der Waals surface area contributed by atoms with E-state index in [4.69, 9.17) is 0 Å². The minimum absolute atomic E-state index is 0.0694. The van der Waals surface area contributed by atoms with Gasteiger partial charge in [0, 0.05) is 17.4 Å². The third-order valence-corrected chi connectivity index (χ3v) is 5.38. The van der Waals surface area contributed by atoms with E-state index in [9.17, 15) is 9.59 Å². The van der Waals surface area contributed by atoms with E-state index < -0.39 is 0 Å². The van der Waals surface area contributed by atoms with Gasteiger partial charge in [-0.05, 0) is 37.3 Å². The van der Waals surface area contributed by atoms with E-state index >= 15 is 0 Å². The predicted molar refractivity (Wildman–Crippen MR) is 108 cm³/mol. The molecule has 6 heteroatoms. The largest absolute Gasteiger partial charge is 0.325 e. The summed E-state index contributed by atoms with van der Waals surface area (Å²) in [7, 11) is 0. The minimum atomic E-state index is -0.315. The Balaban J connectivity index is 2.12. The zero-order valence-corrected chi connectivity index (χ0v) is 16.5. The molecule has 0 spiro atoms. The van der Waals surface area contributed by atoms with Crippen molar-refractivity contribution in [3.63, 3.8) is 0 Å². The molecule has 1 heterocycles. The fourth-order valence-electron chi connectivity index (χ4n) is 2.65. The molecule has 26 heavy (non-hydrogen) atoms. The second-order valence-electron chi connectivity index (χ2n) is 6.16. The molecule has 140 valence electrons. The number of aromatic amines is 1. The van der Waals surface area contributed by atoms with Crippen LogP contribution in [0.2, 0.25) is 0 Å². The van der Waals surface area contributed by atoms with Gasteiger partial charge in [-0.1, -0.05) is 57.2 Å². The first kappa shape index (κ1) is 20.2. The number of aryl methyl sites for hydroxylation is 2. The summed E-state index contributed by atoms with van der Waals surface area (Å²) in [6.07, 6.45) is 4.32. The number of thioether (sulfide) groups is 1. The number of hydrogen-bond acceptors (Lipinski definition) is 4. The van der Waals surface area contributed by atoms with Crippen LogP contribution in [0.1, 0.15) is 51.3 Å². The first-order chi connectivity index (χ1) is 12.6. The Bertz CT molecular complexity index is 789. The van der Waals surface area contributed by atoms with E-state index in [1.165, 1.54) is 17.8 Å². The normalized spacial score (nSPS) is 12.0. The maximum Gasteiger partial charge on any atom is 0.251 e. The van der Waals surface area contributed by atoms with Gasteiger partial charge < -0.3 is 10.3 Å². The van der Waals surface area contributed by atoms with Crippen molar-refractivity contribution >= 4 is 23.4 Å². The highest BCUT2D eigenvalue weighted by molar-refractivity contribution is 8.00. The average molecular weight is 374 g/mol. The highest BCUT2D eigenvalue weighted by Gasteiger charge is 2.20. The highest BCUT2D eigenvalue weighted by Crippen LogP contribution is 2.24. The lowest BCUT2D eigenvalue weighted by Gasteiger charge is -2.16. The van der Waals surface area contributed by atoms with E-state index in [2.05, 4.69) is 29.1 Å². The Morgan fingerprint density at radius 1 is 1.27 bits per heavy atom. The Kier molecular flexibility index (Phi) is 7.91. The lowest BCUT2D eigenvalue weighted by molar-refractivity contribution is -0.115. The van der Waals surface area contributed by atoms with Crippen LogP contribution in [0.5, 0.6) is 0 Å². The molecule has 0 aliphatic rings.